The average molecular weight is 505 g/mol. The largest absolute Gasteiger partial charge is 0.507 e. The van der Waals surface area contributed by atoms with Gasteiger partial charge in [0, 0.05) is 35.7 Å². The Morgan fingerprint density at radius 1 is 1.32 bits per heavy atom. The second kappa shape index (κ2) is 12.1. The highest BCUT2D eigenvalue weighted by Crippen LogP contribution is 2.45. The number of phenolic OH excluding ortho intramolecular Hbond substituents is 1. The molecule has 0 bridgehead atoms. The van der Waals surface area contributed by atoms with Gasteiger partial charge in [-0.2, -0.15) is 10.4 Å². The summed E-state index contributed by atoms with van der Waals surface area (Å²) in [7, 11) is 0. The number of aromatic hydroxyl groups is 1. The summed E-state index contributed by atoms with van der Waals surface area (Å²) in [5, 5.41) is 27.2. The lowest BCUT2D eigenvalue weighted by molar-refractivity contribution is 0.0954. The molecule has 1 saturated carbocycles. The van der Waals surface area contributed by atoms with Crippen molar-refractivity contribution in [3.05, 3.63) is 52.1 Å². The van der Waals surface area contributed by atoms with Crippen LogP contribution in [0.25, 0.3) is 0 Å². The van der Waals surface area contributed by atoms with Gasteiger partial charge in [-0.1, -0.05) is 63.3 Å². The molecule has 6 nitrogen and oxygen atoms in total. The van der Waals surface area contributed by atoms with Crippen LogP contribution in [0.3, 0.4) is 0 Å². The standard InChI is InChI=1S/C31H44N4O2/c1-8-19(2)29-25(17-34-35-30(37)24-12-13-28(36)26(15-24)16-32)10-9-11-27(29)33-18-31(7)22(5)20(3)14-21(4)23(31)6/h12-15,17,19,22,25,27,29,33,36H,8-11,18H2,1-7H3,(H,35,37)/b34-17-. The van der Waals surface area contributed by atoms with Crippen LogP contribution in [-0.2, 0) is 0 Å². The number of hydrazone groups is 1. The monoisotopic (exact) mass is 504 g/mol. The molecule has 0 radical (unpaired) electrons. The average Bonchev–Trinajstić information content (AvgIpc) is 2.89. The third-order valence-corrected chi connectivity index (χ3v) is 9.39. The lowest BCUT2D eigenvalue weighted by Gasteiger charge is -2.45. The molecule has 0 aliphatic heterocycles. The Balaban J connectivity index is 1.72. The fraction of sp³-hybridized carbons (Fsp3) is 0.581. The molecule has 2 aliphatic carbocycles. The van der Waals surface area contributed by atoms with Gasteiger partial charge in [-0.15, -0.1) is 0 Å². The summed E-state index contributed by atoms with van der Waals surface area (Å²) in [5.74, 6) is 1.19. The first-order valence-corrected chi connectivity index (χ1v) is 13.7. The maximum Gasteiger partial charge on any atom is 0.271 e. The van der Waals surface area contributed by atoms with Crippen LogP contribution in [0.4, 0.5) is 0 Å². The van der Waals surface area contributed by atoms with Crippen molar-refractivity contribution in [3.63, 3.8) is 0 Å². The molecule has 0 spiro atoms. The number of rotatable bonds is 8. The van der Waals surface area contributed by atoms with E-state index < -0.39 is 5.91 Å². The first-order chi connectivity index (χ1) is 17.5. The summed E-state index contributed by atoms with van der Waals surface area (Å²) >= 11 is 0. The highest BCUT2D eigenvalue weighted by molar-refractivity contribution is 5.95. The molecule has 200 valence electrons. The van der Waals surface area contributed by atoms with E-state index in [1.54, 1.807) is 0 Å². The summed E-state index contributed by atoms with van der Waals surface area (Å²) in [6, 6.07) is 6.52. The minimum atomic E-state index is -0.390. The van der Waals surface area contributed by atoms with Gasteiger partial charge in [-0.25, -0.2) is 5.43 Å². The van der Waals surface area contributed by atoms with Crippen LogP contribution < -0.4 is 10.7 Å². The molecule has 2 aliphatic rings. The van der Waals surface area contributed by atoms with Crippen LogP contribution in [0, 0.1) is 40.4 Å². The zero-order valence-electron chi connectivity index (χ0n) is 23.6. The van der Waals surface area contributed by atoms with Crippen molar-refractivity contribution < 1.29 is 9.90 Å². The van der Waals surface area contributed by atoms with E-state index >= 15 is 0 Å². The topological polar surface area (TPSA) is 97.5 Å². The Kier molecular flexibility index (Phi) is 9.36. The van der Waals surface area contributed by atoms with Crippen LogP contribution in [0.5, 0.6) is 5.75 Å². The number of amides is 1. The Hall–Kier alpha value is -2.91. The molecule has 6 heteroatoms. The van der Waals surface area contributed by atoms with Crippen LogP contribution >= 0.6 is 0 Å². The van der Waals surface area contributed by atoms with Crippen molar-refractivity contribution in [2.75, 3.05) is 6.54 Å². The molecule has 1 aromatic rings. The Morgan fingerprint density at radius 2 is 2.05 bits per heavy atom. The number of phenols is 1. The maximum atomic E-state index is 12.6. The summed E-state index contributed by atoms with van der Waals surface area (Å²) in [5.41, 5.74) is 7.40. The molecule has 0 saturated heterocycles. The first kappa shape index (κ1) is 28.7. The van der Waals surface area contributed by atoms with Crippen LogP contribution in [0.1, 0.15) is 90.1 Å². The van der Waals surface area contributed by atoms with Crippen molar-refractivity contribution in [3.8, 4) is 11.8 Å². The molecule has 6 unspecified atom stereocenters. The van der Waals surface area contributed by atoms with Gasteiger partial charge < -0.3 is 10.4 Å². The Bertz CT molecular complexity index is 1130. The molecule has 37 heavy (non-hydrogen) atoms. The van der Waals surface area contributed by atoms with Gasteiger partial charge >= 0.3 is 0 Å². The number of benzene rings is 1. The van der Waals surface area contributed by atoms with Gasteiger partial charge in [0.25, 0.3) is 5.91 Å². The zero-order chi connectivity index (χ0) is 27.3. The van der Waals surface area contributed by atoms with Gasteiger partial charge in [-0.3, -0.25) is 4.79 Å². The molecular weight excluding hydrogens is 460 g/mol. The third kappa shape index (κ3) is 6.15. The number of allylic oxidation sites excluding steroid dienone is 3. The molecule has 0 heterocycles. The van der Waals surface area contributed by atoms with Crippen LogP contribution in [0.15, 0.2) is 46.1 Å². The molecule has 1 aromatic carbocycles. The van der Waals surface area contributed by atoms with E-state index in [-0.39, 0.29) is 22.6 Å². The predicted molar refractivity (Wildman–Crippen MR) is 150 cm³/mol. The predicted octanol–water partition coefficient (Wildman–Crippen LogP) is 6.34. The quantitative estimate of drug-likeness (QED) is 0.284. The smallest absolute Gasteiger partial charge is 0.271 e. The van der Waals surface area contributed by atoms with Gasteiger partial charge in [0.05, 0.1) is 5.56 Å². The molecule has 1 amide bonds. The lowest BCUT2D eigenvalue weighted by Crippen LogP contribution is -2.50. The van der Waals surface area contributed by atoms with Crippen LogP contribution in [-0.4, -0.2) is 29.8 Å². The van der Waals surface area contributed by atoms with E-state index in [1.807, 2.05) is 12.3 Å². The molecular formula is C31H44N4O2. The third-order valence-electron chi connectivity index (χ3n) is 9.39. The molecule has 6 atom stereocenters. The van der Waals surface area contributed by atoms with Gasteiger partial charge in [-0.05, 0) is 69.6 Å². The van der Waals surface area contributed by atoms with Gasteiger partial charge in [0.1, 0.15) is 11.8 Å². The fourth-order valence-corrected chi connectivity index (χ4v) is 6.26. The van der Waals surface area contributed by atoms with Crippen molar-refractivity contribution in [1.82, 2.24) is 10.7 Å². The number of hydrogen-bond donors (Lipinski definition) is 3. The number of hydrogen-bond acceptors (Lipinski definition) is 5. The normalized spacial score (nSPS) is 29.1. The van der Waals surface area contributed by atoms with Crippen molar-refractivity contribution >= 4 is 12.1 Å². The van der Waals surface area contributed by atoms with Crippen molar-refractivity contribution in [1.29, 1.82) is 5.26 Å². The molecule has 3 rings (SSSR count). The molecule has 1 fully saturated rings. The first-order valence-electron chi connectivity index (χ1n) is 13.7. The summed E-state index contributed by atoms with van der Waals surface area (Å²) in [6.07, 6.45) is 8.68. The van der Waals surface area contributed by atoms with Crippen molar-refractivity contribution in [2.24, 2.45) is 34.2 Å². The Labute approximate surface area is 222 Å². The van der Waals surface area contributed by atoms with Crippen LogP contribution in [0.2, 0.25) is 0 Å². The Morgan fingerprint density at radius 3 is 2.73 bits per heavy atom. The summed E-state index contributed by atoms with van der Waals surface area (Å²) in [4.78, 5) is 12.6. The van der Waals surface area contributed by atoms with E-state index in [2.05, 4.69) is 70.4 Å². The number of carbonyl (C=O) groups excluding carboxylic acids is 1. The number of nitrogens with one attached hydrogen (secondary N) is 2. The highest BCUT2D eigenvalue weighted by atomic mass is 16.3. The second-order valence-electron chi connectivity index (χ2n) is 11.4. The highest BCUT2D eigenvalue weighted by Gasteiger charge is 2.40. The van der Waals surface area contributed by atoms with E-state index in [0.29, 0.717) is 29.4 Å². The second-order valence-corrected chi connectivity index (χ2v) is 11.4. The van der Waals surface area contributed by atoms with E-state index in [0.717, 1.165) is 32.2 Å². The van der Waals surface area contributed by atoms with E-state index in [9.17, 15) is 9.90 Å². The minimum absolute atomic E-state index is 0.0709. The summed E-state index contributed by atoms with van der Waals surface area (Å²) in [6.45, 7) is 17.0. The minimum Gasteiger partial charge on any atom is -0.507 e. The van der Waals surface area contributed by atoms with E-state index in [1.165, 1.54) is 34.9 Å². The number of carbonyl (C=O) groups is 1. The summed E-state index contributed by atoms with van der Waals surface area (Å²) < 4.78 is 0. The maximum absolute atomic E-state index is 12.6. The van der Waals surface area contributed by atoms with Gasteiger partial charge in [0.15, 0.2) is 0 Å². The number of nitriles is 1. The number of nitrogens with zero attached hydrogens (tertiary/aromatic N) is 2. The van der Waals surface area contributed by atoms with Crippen molar-refractivity contribution in [2.45, 2.75) is 80.2 Å². The molecule has 0 aromatic heterocycles. The zero-order valence-corrected chi connectivity index (χ0v) is 23.6. The van der Waals surface area contributed by atoms with Gasteiger partial charge in [0.2, 0.25) is 0 Å². The SMILES string of the molecule is CCC(C)C1C(/C=N\NC(=O)c2ccc(O)c(C#N)c2)CCCC1NCC1(C)C(C)=C(C)C=C(C)C1C. The molecule has 3 N–H and O–H groups in total. The fourth-order valence-electron chi connectivity index (χ4n) is 6.26. The lowest BCUT2D eigenvalue weighted by atomic mass is 9.64. The van der Waals surface area contributed by atoms with E-state index in [4.69, 9.17) is 5.26 Å².